The number of nitrogens with zero attached hydrogens (tertiary/aromatic N) is 1. The lowest BCUT2D eigenvalue weighted by atomic mass is 9.89. The van der Waals surface area contributed by atoms with Gasteiger partial charge in [0.2, 0.25) is 0 Å². The summed E-state index contributed by atoms with van der Waals surface area (Å²) in [5.74, 6) is 0. The van der Waals surface area contributed by atoms with Crippen LogP contribution in [0.25, 0.3) is 0 Å². The summed E-state index contributed by atoms with van der Waals surface area (Å²) in [5.41, 5.74) is 1.28. The number of hydrogen-bond donors (Lipinski definition) is 2. The van der Waals surface area contributed by atoms with E-state index in [4.69, 9.17) is 0 Å². The van der Waals surface area contributed by atoms with E-state index in [0.717, 1.165) is 25.9 Å². The minimum atomic E-state index is -0.283. The van der Waals surface area contributed by atoms with Gasteiger partial charge in [-0.05, 0) is 30.4 Å². The van der Waals surface area contributed by atoms with Crippen LogP contribution in [0.4, 0.5) is 5.69 Å². The summed E-state index contributed by atoms with van der Waals surface area (Å²) in [6, 6.07) is 11.1. The van der Waals surface area contributed by atoms with Crippen molar-refractivity contribution >= 4 is 5.69 Å². The lowest BCUT2D eigenvalue weighted by Gasteiger charge is -2.35. The van der Waals surface area contributed by atoms with Crippen LogP contribution in [0.5, 0.6) is 0 Å². The Morgan fingerprint density at radius 2 is 1.80 bits per heavy atom. The van der Waals surface area contributed by atoms with E-state index in [-0.39, 0.29) is 11.5 Å². The highest BCUT2D eigenvalue weighted by Gasteiger charge is 2.24. The van der Waals surface area contributed by atoms with Gasteiger partial charge in [-0.25, -0.2) is 0 Å². The largest absolute Gasteiger partial charge is 0.391 e. The number of para-hydroxylation sites is 1. The molecule has 1 saturated heterocycles. The molecule has 20 heavy (non-hydrogen) atoms. The average molecular weight is 276 g/mol. The van der Waals surface area contributed by atoms with Crippen LogP contribution >= 0.6 is 0 Å². The maximum absolute atomic E-state index is 10.1. The monoisotopic (exact) mass is 276 g/mol. The van der Waals surface area contributed by atoms with Gasteiger partial charge in [0.25, 0.3) is 0 Å². The van der Waals surface area contributed by atoms with Crippen molar-refractivity contribution < 1.29 is 5.11 Å². The lowest BCUT2D eigenvalue weighted by molar-refractivity contribution is 0.0596. The Bertz CT molecular complexity index is 391. The van der Waals surface area contributed by atoms with Crippen LogP contribution in [-0.4, -0.2) is 36.9 Å². The van der Waals surface area contributed by atoms with E-state index in [9.17, 15) is 5.11 Å². The van der Waals surface area contributed by atoms with Crippen molar-refractivity contribution in [2.24, 2.45) is 5.41 Å². The number of hydrogen-bond acceptors (Lipinski definition) is 3. The number of nitrogens with one attached hydrogen (secondary N) is 1. The fraction of sp³-hybridized carbons (Fsp3) is 0.647. The summed E-state index contributed by atoms with van der Waals surface area (Å²) < 4.78 is 0. The Hall–Kier alpha value is -1.06. The minimum Gasteiger partial charge on any atom is -0.391 e. The number of aliphatic hydroxyl groups is 1. The molecular formula is C17H28N2O. The van der Waals surface area contributed by atoms with Gasteiger partial charge in [0, 0.05) is 31.4 Å². The predicted octanol–water partition coefficient (Wildman–Crippen LogP) is 2.65. The van der Waals surface area contributed by atoms with E-state index in [1.54, 1.807) is 0 Å². The fourth-order valence-electron chi connectivity index (χ4n) is 2.57. The molecule has 1 aliphatic heterocycles. The van der Waals surface area contributed by atoms with Crippen LogP contribution in [0, 0.1) is 5.41 Å². The highest BCUT2D eigenvalue weighted by atomic mass is 16.3. The molecule has 0 bridgehead atoms. The van der Waals surface area contributed by atoms with Gasteiger partial charge in [0.1, 0.15) is 0 Å². The molecule has 0 spiro atoms. The van der Waals surface area contributed by atoms with Gasteiger partial charge >= 0.3 is 0 Å². The van der Waals surface area contributed by atoms with Crippen LogP contribution in [0.3, 0.4) is 0 Å². The lowest BCUT2D eigenvalue weighted by Crippen LogP contribution is -2.46. The number of piperidine rings is 1. The Morgan fingerprint density at radius 3 is 2.35 bits per heavy atom. The molecule has 1 aromatic rings. The quantitative estimate of drug-likeness (QED) is 0.887. The van der Waals surface area contributed by atoms with Gasteiger partial charge in [-0.15, -0.1) is 0 Å². The first-order valence-electron chi connectivity index (χ1n) is 7.68. The van der Waals surface area contributed by atoms with E-state index >= 15 is 0 Å². The van der Waals surface area contributed by atoms with E-state index < -0.39 is 0 Å². The molecule has 1 unspecified atom stereocenters. The molecule has 0 aliphatic carbocycles. The SMILES string of the molecule is CC(C)(C)C(O)CNC1CCN(c2ccccc2)CC1. The third-order valence-corrected chi connectivity index (χ3v) is 4.22. The highest BCUT2D eigenvalue weighted by Crippen LogP contribution is 2.21. The van der Waals surface area contributed by atoms with Gasteiger partial charge < -0.3 is 15.3 Å². The maximum Gasteiger partial charge on any atom is 0.0712 e. The Kier molecular flexibility index (Phi) is 5.06. The highest BCUT2D eigenvalue weighted by molar-refractivity contribution is 5.46. The zero-order chi connectivity index (χ0) is 14.6. The molecule has 0 aromatic heterocycles. The molecular weight excluding hydrogens is 248 g/mol. The normalized spacial score (nSPS) is 19.1. The van der Waals surface area contributed by atoms with E-state index in [2.05, 4.69) is 61.3 Å². The molecule has 2 rings (SSSR count). The second kappa shape index (κ2) is 6.59. The number of rotatable bonds is 4. The zero-order valence-corrected chi connectivity index (χ0v) is 13.0. The summed E-state index contributed by atoms with van der Waals surface area (Å²) >= 11 is 0. The van der Waals surface area contributed by atoms with Crippen molar-refractivity contribution in [2.45, 2.75) is 45.8 Å². The molecule has 1 heterocycles. The second-order valence-corrected chi connectivity index (χ2v) is 6.89. The topological polar surface area (TPSA) is 35.5 Å². The van der Waals surface area contributed by atoms with Gasteiger partial charge in [-0.2, -0.15) is 0 Å². The molecule has 1 atom stereocenters. The van der Waals surface area contributed by atoms with Crippen LogP contribution in [0.2, 0.25) is 0 Å². The van der Waals surface area contributed by atoms with Gasteiger partial charge in [0.05, 0.1) is 6.10 Å². The molecule has 0 saturated carbocycles. The molecule has 3 heteroatoms. The summed E-state index contributed by atoms with van der Waals surface area (Å²) in [5, 5.41) is 13.6. The maximum atomic E-state index is 10.1. The van der Waals surface area contributed by atoms with Crippen molar-refractivity contribution in [3.05, 3.63) is 30.3 Å². The number of anilines is 1. The number of aliphatic hydroxyl groups excluding tert-OH is 1. The van der Waals surface area contributed by atoms with Crippen molar-refractivity contribution in [1.29, 1.82) is 0 Å². The first-order chi connectivity index (χ1) is 9.47. The summed E-state index contributed by atoms with van der Waals surface area (Å²) in [6.07, 6.45) is 2.01. The van der Waals surface area contributed by atoms with E-state index in [1.165, 1.54) is 5.69 Å². The molecule has 112 valence electrons. The Labute approximate surface area is 123 Å². The fourth-order valence-corrected chi connectivity index (χ4v) is 2.57. The molecule has 1 aromatic carbocycles. The van der Waals surface area contributed by atoms with E-state index in [1.807, 2.05) is 0 Å². The molecule has 0 radical (unpaired) electrons. The minimum absolute atomic E-state index is 0.0439. The van der Waals surface area contributed by atoms with Gasteiger partial charge in [-0.1, -0.05) is 39.0 Å². The number of benzene rings is 1. The Morgan fingerprint density at radius 1 is 1.20 bits per heavy atom. The van der Waals surface area contributed by atoms with E-state index in [0.29, 0.717) is 12.6 Å². The predicted molar refractivity (Wildman–Crippen MR) is 85.1 cm³/mol. The van der Waals surface area contributed by atoms with Gasteiger partial charge in [0.15, 0.2) is 0 Å². The summed E-state index contributed by atoms with van der Waals surface area (Å²) in [6.45, 7) is 9.12. The van der Waals surface area contributed by atoms with Crippen molar-refractivity contribution in [1.82, 2.24) is 5.32 Å². The van der Waals surface area contributed by atoms with Gasteiger partial charge in [-0.3, -0.25) is 0 Å². The molecule has 1 aliphatic rings. The van der Waals surface area contributed by atoms with Crippen molar-refractivity contribution in [2.75, 3.05) is 24.5 Å². The summed E-state index contributed by atoms with van der Waals surface area (Å²) in [7, 11) is 0. The smallest absolute Gasteiger partial charge is 0.0712 e. The third kappa shape index (κ3) is 4.22. The first-order valence-corrected chi connectivity index (χ1v) is 7.68. The van der Waals surface area contributed by atoms with Crippen LogP contribution in [0.15, 0.2) is 30.3 Å². The van der Waals surface area contributed by atoms with Crippen molar-refractivity contribution in [3.63, 3.8) is 0 Å². The standard InChI is InChI=1S/C17H28N2O/c1-17(2,3)16(20)13-18-14-9-11-19(12-10-14)15-7-5-4-6-8-15/h4-8,14,16,18,20H,9-13H2,1-3H3. The molecule has 3 nitrogen and oxygen atoms in total. The molecule has 2 N–H and O–H groups in total. The third-order valence-electron chi connectivity index (χ3n) is 4.22. The van der Waals surface area contributed by atoms with Crippen LogP contribution in [0.1, 0.15) is 33.6 Å². The van der Waals surface area contributed by atoms with Crippen LogP contribution < -0.4 is 10.2 Å². The molecule has 0 amide bonds. The van der Waals surface area contributed by atoms with Crippen molar-refractivity contribution in [3.8, 4) is 0 Å². The second-order valence-electron chi connectivity index (χ2n) is 6.89. The zero-order valence-electron chi connectivity index (χ0n) is 13.0. The van der Waals surface area contributed by atoms with Crippen LogP contribution in [-0.2, 0) is 0 Å². The first kappa shape index (κ1) is 15.3. The Balaban J connectivity index is 1.75. The summed E-state index contributed by atoms with van der Waals surface area (Å²) in [4.78, 5) is 2.44. The average Bonchev–Trinajstić information content (AvgIpc) is 2.45. The molecule has 1 fully saturated rings.